The Labute approximate surface area is 120 Å². The van der Waals surface area contributed by atoms with Gasteiger partial charge in [0.2, 0.25) is 0 Å². The first-order chi connectivity index (χ1) is 9.70. The van der Waals surface area contributed by atoms with Gasteiger partial charge >= 0.3 is 0 Å². The van der Waals surface area contributed by atoms with Crippen molar-refractivity contribution in [2.24, 2.45) is 0 Å². The number of nitrogens with one attached hydrogen (secondary N) is 1. The summed E-state index contributed by atoms with van der Waals surface area (Å²) in [5.74, 6) is 1.04. The van der Waals surface area contributed by atoms with Crippen LogP contribution in [0.2, 0.25) is 0 Å². The van der Waals surface area contributed by atoms with E-state index in [1.165, 1.54) is 11.8 Å². The van der Waals surface area contributed by atoms with Gasteiger partial charge in [-0.1, -0.05) is 16.9 Å². The summed E-state index contributed by atoms with van der Waals surface area (Å²) < 4.78 is 5.00. The number of thioether (sulfide) groups is 1. The Morgan fingerprint density at radius 1 is 1.55 bits per heavy atom. The molecule has 106 valence electrons. The minimum Gasteiger partial charge on any atom is -0.361 e. The summed E-state index contributed by atoms with van der Waals surface area (Å²) in [6.45, 7) is 4.04. The van der Waals surface area contributed by atoms with Crippen LogP contribution in [0, 0.1) is 6.92 Å². The van der Waals surface area contributed by atoms with E-state index in [-0.39, 0.29) is 5.91 Å². The second-order valence-electron chi connectivity index (χ2n) is 3.94. The lowest BCUT2D eigenvalue weighted by Crippen LogP contribution is -2.24. The summed E-state index contributed by atoms with van der Waals surface area (Å²) in [7, 11) is 0. The second kappa shape index (κ2) is 7.06. The lowest BCUT2D eigenvalue weighted by Gasteiger charge is -2.07. The molecule has 2 heterocycles. The number of amides is 1. The fourth-order valence-corrected chi connectivity index (χ4v) is 2.37. The maximum absolute atomic E-state index is 11.9. The molecule has 2 rings (SSSR count). The highest BCUT2D eigenvalue weighted by Crippen LogP contribution is 2.23. The summed E-state index contributed by atoms with van der Waals surface area (Å²) in [5, 5.41) is 4.54. The maximum atomic E-state index is 11.9. The van der Waals surface area contributed by atoms with Gasteiger partial charge in [0.25, 0.3) is 5.91 Å². The van der Waals surface area contributed by atoms with Crippen LogP contribution >= 0.6 is 11.8 Å². The predicted molar refractivity (Wildman–Crippen MR) is 74.1 cm³/mol. The van der Waals surface area contributed by atoms with Crippen molar-refractivity contribution in [2.45, 2.75) is 24.6 Å². The molecule has 0 atom stereocenters. The first-order valence-corrected chi connectivity index (χ1v) is 7.11. The standard InChI is InChI=1S/C13H15N3O3S/c1-3-18-16-12(17)11-5-4-6-14-13(11)20-8-10-7-9(2)19-15-10/h4-7H,3,8H2,1-2H3,(H,16,17). The molecule has 0 radical (unpaired) electrons. The topological polar surface area (TPSA) is 77.2 Å². The number of hydrogen-bond acceptors (Lipinski definition) is 6. The average Bonchev–Trinajstić information content (AvgIpc) is 2.88. The quantitative estimate of drug-likeness (QED) is 0.650. The van der Waals surface area contributed by atoms with E-state index in [2.05, 4.69) is 15.6 Å². The van der Waals surface area contributed by atoms with Crippen LogP contribution in [-0.2, 0) is 10.6 Å². The van der Waals surface area contributed by atoms with Crippen molar-refractivity contribution in [3.05, 3.63) is 41.4 Å². The van der Waals surface area contributed by atoms with Crippen LogP contribution in [0.1, 0.15) is 28.7 Å². The normalized spacial score (nSPS) is 10.5. The highest BCUT2D eigenvalue weighted by Gasteiger charge is 2.13. The van der Waals surface area contributed by atoms with Crippen molar-refractivity contribution in [3.63, 3.8) is 0 Å². The molecular formula is C13H15N3O3S. The van der Waals surface area contributed by atoms with Crippen molar-refractivity contribution in [1.82, 2.24) is 15.6 Å². The van der Waals surface area contributed by atoms with Crippen LogP contribution in [0.5, 0.6) is 0 Å². The van der Waals surface area contributed by atoms with Gasteiger partial charge in [-0.25, -0.2) is 10.5 Å². The number of hydrogen-bond donors (Lipinski definition) is 1. The van der Waals surface area contributed by atoms with Crippen molar-refractivity contribution in [3.8, 4) is 0 Å². The highest BCUT2D eigenvalue weighted by atomic mass is 32.2. The number of carbonyl (C=O) groups is 1. The Balaban J connectivity index is 2.05. The van der Waals surface area contributed by atoms with Crippen LogP contribution in [0.15, 0.2) is 33.9 Å². The lowest BCUT2D eigenvalue weighted by atomic mass is 10.3. The van der Waals surface area contributed by atoms with Gasteiger partial charge in [-0.05, 0) is 26.0 Å². The van der Waals surface area contributed by atoms with Crippen molar-refractivity contribution in [2.75, 3.05) is 6.61 Å². The van der Waals surface area contributed by atoms with Crippen molar-refractivity contribution < 1.29 is 14.2 Å². The molecule has 0 unspecified atom stereocenters. The number of pyridine rings is 1. The third kappa shape index (κ3) is 3.82. The van der Waals surface area contributed by atoms with Crippen LogP contribution in [-0.4, -0.2) is 22.7 Å². The molecule has 0 aliphatic rings. The van der Waals surface area contributed by atoms with E-state index >= 15 is 0 Å². The minimum absolute atomic E-state index is 0.307. The molecule has 0 bridgehead atoms. The molecular weight excluding hydrogens is 278 g/mol. The van der Waals surface area contributed by atoms with Gasteiger partial charge in [0.15, 0.2) is 0 Å². The van der Waals surface area contributed by atoms with Crippen molar-refractivity contribution >= 4 is 17.7 Å². The molecule has 2 aromatic rings. The molecule has 6 nitrogen and oxygen atoms in total. The summed E-state index contributed by atoms with van der Waals surface area (Å²) in [6.07, 6.45) is 1.65. The van der Waals surface area contributed by atoms with Gasteiger partial charge in [-0.2, -0.15) is 0 Å². The van der Waals surface area contributed by atoms with Crippen LogP contribution < -0.4 is 5.48 Å². The van der Waals surface area contributed by atoms with Crippen molar-refractivity contribution in [1.29, 1.82) is 0 Å². The fraction of sp³-hybridized carbons (Fsp3) is 0.308. The lowest BCUT2D eigenvalue weighted by molar-refractivity contribution is 0.0361. The number of aromatic nitrogens is 2. The smallest absolute Gasteiger partial charge is 0.277 e. The van der Waals surface area contributed by atoms with Crippen LogP contribution in [0.3, 0.4) is 0 Å². The zero-order chi connectivity index (χ0) is 14.4. The minimum atomic E-state index is -0.307. The average molecular weight is 293 g/mol. The molecule has 0 aliphatic carbocycles. The van der Waals surface area contributed by atoms with E-state index in [1.807, 2.05) is 13.0 Å². The molecule has 0 aliphatic heterocycles. The number of aryl methyl sites for hydroxylation is 1. The predicted octanol–water partition coefficient (Wildman–Crippen LogP) is 2.35. The van der Waals surface area contributed by atoms with Gasteiger partial charge in [-0.3, -0.25) is 9.63 Å². The molecule has 0 fully saturated rings. The molecule has 1 amide bonds. The second-order valence-corrected chi connectivity index (χ2v) is 4.90. The molecule has 0 spiro atoms. The van der Waals surface area contributed by atoms with E-state index in [0.717, 1.165) is 11.5 Å². The Kier molecular flexibility index (Phi) is 5.14. The zero-order valence-electron chi connectivity index (χ0n) is 11.3. The number of nitrogens with zero attached hydrogens (tertiary/aromatic N) is 2. The first-order valence-electron chi connectivity index (χ1n) is 6.13. The Morgan fingerprint density at radius 3 is 3.10 bits per heavy atom. The first kappa shape index (κ1) is 14.5. The van der Waals surface area contributed by atoms with Gasteiger partial charge in [-0.15, -0.1) is 0 Å². The number of rotatable bonds is 6. The molecule has 2 aromatic heterocycles. The molecule has 20 heavy (non-hydrogen) atoms. The molecule has 7 heteroatoms. The van der Waals surface area contributed by atoms with Crippen LogP contribution in [0.4, 0.5) is 0 Å². The number of hydroxylamine groups is 1. The zero-order valence-corrected chi connectivity index (χ0v) is 12.1. The summed E-state index contributed by atoms with van der Waals surface area (Å²) >= 11 is 1.43. The third-order valence-electron chi connectivity index (χ3n) is 2.36. The summed E-state index contributed by atoms with van der Waals surface area (Å²) in [4.78, 5) is 21.0. The monoisotopic (exact) mass is 293 g/mol. The molecule has 0 saturated heterocycles. The molecule has 1 N–H and O–H groups in total. The van der Waals surface area contributed by atoms with Gasteiger partial charge in [0.1, 0.15) is 10.8 Å². The summed E-state index contributed by atoms with van der Waals surface area (Å²) in [6, 6.07) is 5.28. The molecule has 0 saturated carbocycles. The Bertz CT molecular complexity index is 586. The van der Waals surface area contributed by atoms with Gasteiger partial charge < -0.3 is 4.52 Å². The SMILES string of the molecule is CCONC(=O)c1cccnc1SCc1cc(C)on1. The fourth-order valence-electron chi connectivity index (χ4n) is 1.50. The maximum Gasteiger partial charge on any atom is 0.277 e. The third-order valence-corrected chi connectivity index (χ3v) is 3.40. The largest absolute Gasteiger partial charge is 0.361 e. The molecule has 0 aromatic carbocycles. The van der Waals surface area contributed by atoms with Crippen LogP contribution in [0.25, 0.3) is 0 Å². The van der Waals surface area contributed by atoms with E-state index in [1.54, 1.807) is 25.3 Å². The van der Waals surface area contributed by atoms with E-state index in [4.69, 9.17) is 9.36 Å². The Hall–Kier alpha value is -1.86. The van der Waals surface area contributed by atoms with Gasteiger partial charge in [0, 0.05) is 18.0 Å². The van der Waals surface area contributed by atoms with E-state index in [0.29, 0.717) is 22.9 Å². The van der Waals surface area contributed by atoms with E-state index in [9.17, 15) is 4.79 Å². The Morgan fingerprint density at radius 2 is 2.40 bits per heavy atom. The highest BCUT2D eigenvalue weighted by molar-refractivity contribution is 7.98. The van der Waals surface area contributed by atoms with E-state index < -0.39 is 0 Å². The summed E-state index contributed by atoms with van der Waals surface area (Å²) in [5.41, 5.74) is 3.66. The number of carbonyl (C=O) groups excluding carboxylic acids is 1. The van der Waals surface area contributed by atoms with Gasteiger partial charge in [0.05, 0.1) is 17.9 Å².